The standard InChI is InChI=1S/C15H16FN3O2S/c16-12-3-1-5-15(9-12)22(20,21)19-8-6-14(11-19)18-13-4-2-7-17-10-13/h1-5,7,9-10,14,18H,6,8,11H2/t14-/m0/s1. The molecule has 0 bridgehead atoms. The molecule has 1 N–H and O–H groups in total. The quantitative estimate of drug-likeness (QED) is 0.937. The molecule has 116 valence electrons. The second kappa shape index (κ2) is 6.02. The molecule has 7 heteroatoms. The number of anilines is 1. The maximum absolute atomic E-state index is 13.2. The van der Waals surface area contributed by atoms with E-state index in [1.807, 2.05) is 12.1 Å². The highest BCUT2D eigenvalue weighted by Gasteiger charge is 2.32. The molecule has 1 atom stereocenters. The topological polar surface area (TPSA) is 62.3 Å². The Bertz CT molecular complexity index is 752. The highest BCUT2D eigenvalue weighted by atomic mass is 32.2. The Morgan fingerprint density at radius 3 is 2.86 bits per heavy atom. The van der Waals surface area contributed by atoms with Crippen LogP contribution in [0.2, 0.25) is 0 Å². The van der Waals surface area contributed by atoms with Crippen molar-refractivity contribution in [2.24, 2.45) is 0 Å². The van der Waals surface area contributed by atoms with Crippen molar-refractivity contribution in [3.63, 3.8) is 0 Å². The first kappa shape index (κ1) is 14.9. The van der Waals surface area contributed by atoms with Crippen LogP contribution in [-0.2, 0) is 10.0 Å². The summed E-state index contributed by atoms with van der Waals surface area (Å²) in [5, 5.41) is 3.26. The lowest BCUT2D eigenvalue weighted by molar-refractivity contribution is 0.473. The molecule has 1 aliphatic heterocycles. The van der Waals surface area contributed by atoms with Gasteiger partial charge in [0.05, 0.1) is 10.6 Å². The van der Waals surface area contributed by atoms with Crippen molar-refractivity contribution in [2.75, 3.05) is 18.4 Å². The molecule has 0 unspecified atom stereocenters. The van der Waals surface area contributed by atoms with Crippen LogP contribution in [0, 0.1) is 5.82 Å². The van der Waals surface area contributed by atoms with Crippen LogP contribution in [0.5, 0.6) is 0 Å². The maximum Gasteiger partial charge on any atom is 0.243 e. The highest BCUT2D eigenvalue weighted by molar-refractivity contribution is 7.89. The molecular weight excluding hydrogens is 305 g/mol. The summed E-state index contributed by atoms with van der Waals surface area (Å²) < 4.78 is 39.6. The maximum atomic E-state index is 13.2. The number of pyridine rings is 1. The van der Waals surface area contributed by atoms with Gasteiger partial charge in [0, 0.05) is 31.5 Å². The van der Waals surface area contributed by atoms with Crippen LogP contribution in [-0.4, -0.2) is 36.8 Å². The zero-order valence-electron chi connectivity index (χ0n) is 11.8. The van der Waals surface area contributed by atoms with Crippen molar-refractivity contribution in [1.29, 1.82) is 0 Å². The molecule has 2 heterocycles. The molecule has 0 aliphatic carbocycles. The molecule has 1 saturated heterocycles. The zero-order valence-corrected chi connectivity index (χ0v) is 12.6. The van der Waals surface area contributed by atoms with Crippen molar-refractivity contribution in [3.8, 4) is 0 Å². The summed E-state index contributed by atoms with van der Waals surface area (Å²) in [5.74, 6) is -0.551. The lowest BCUT2D eigenvalue weighted by Gasteiger charge is -2.17. The van der Waals surface area contributed by atoms with E-state index in [0.717, 1.165) is 11.8 Å². The van der Waals surface area contributed by atoms with Gasteiger partial charge in [0.15, 0.2) is 0 Å². The molecule has 2 aromatic rings. The summed E-state index contributed by atoms with van der Waals surface area (Å²) in [5.41, 5.74) is 0.859. The average Bonchev–Trinajstić information content (AvgIpc) is 2.97. The highest BCUT2D eigenvalue weighted by Crippen LogP contribution is 2.23. The average molecular weight is 321 g/mol. The monoisotopic (exact) mass is 321 g/mol. The third-order valence-electron chi connectivity index (χ3n) is 3.62. The van der Waals surface area contributed by atoms with Gasteiger partial charge < -0.3 is 5.32 Å². The Kier molecular flexibility index (Phi) is 4.08. The van der Waals surface area contributed by atoms with E-state index in [0.29, 0.717) is 19.5 Å². The Balaban J connectivity index is 1.72. The van der Waals surface area contributed by atoms with Gasteiger partial charge in [0.25, 0.3) is 0 Å². The normalized spacial score (nSPS) is 19.2. The summed E-state index contributed by atoms with van der Waals surface area (Å²) >= 11 is 0. The number of halogens is 1. The fourth-order valence-corrected chi connectivity index (χ4v) is 4.06. The second-order valence-corrected chi connectivity index (χ2v) is 7.13. The molecule has 1 aliphatic rings. The molecular formula is C15H16FN3O2S. The molecule has 0 radical (unpaired) electrons. The minimum atomic E-state index is -3.65. The van der Waals surface area contributed by atoms with Crippen LogP contribution in [0.15, 0.2) is 53.7 Å². The zero-order chi connectivity index (χ0) is 15.6. The van der Waals surface area contributed by atoms with Gasteiger partial charge in [-0.05, 0) is 36.8 Å². The largest absolute Gasteiger partial charge is 0.380 e. The number of nitrogens with zero attached hydrogens (tertiary/aromatic N) is 2. The molecule has 0 amide bonds. The molecule has 0 saturated carbocycles. The van der Waals surface area contributed by atoms with E-state index in [9.17, 15) is 12.8 Å². The van der Waals surface area contributed by atoms with E-state index < -0.39 is 15.8 Å². The van der Waals surface area contributed by atoms with Crippen molar-refractivity contribution in [1.82, 2.24) is 9.29 Å². The first-order valence-electron chi connectivity index (χ1n) is 6.98. The van der Waals surface area contributed by atoms with E-state index in [-0.39, 0.29) is 10.9 Å². The molecule has 1 aromatic heterocycles. The Morgan fingerprint density at radius 2 is 2.14 bits per heavy atom. The number of hydrogen-bond acceptors (Lipinski definition) is 4. The van der Waals surface area contributed by atoms with Gasteiger partial charge in [-0.2, -0.15) is 4.31 Å². The predicted octanol–water partition coefficient (Wildman–Crippen LogP) is 2.10. The smallest absolute Gasteiger partial charge is 0.243 e. The minimum Gasteiger partial charge on any atom is -0.380 e. The number of benzene rings is 1. The van der Waals surface area contributed by atoms with Crippen LogP contribution in [0.3, 0.4) is 0 Å². The summed E-state index contributed by atoms with van der Waals surface area (Å²) in [7, 11) is -3.65. The third kappa shape index (κ3) is 3.10. The Hall–Kier alpha value is -1.99. The van der Waals surface area contributed by atoms with E-state index in [1.165, 1.54) is 22.5 Å². The number of hydrogen-bond donors (Lipinski definition) is 1. The molecule has 5 nitrogen and oxygen atoms in total. The van der Waals surface area contributed by atoms with Crippen LogP contribution in [0.4, 0.5) is 10.1 Å². The van der Waals surface area contributed by atoms with Crippen LogP contribution < -0.4 is 5.32 Å². The summed E-state index contributed by atoms with van der Waals surface area (Å²) in [6.07, 6.45) is 4.08. The fourth-order valence-electron chi connectivity index (χ4n) is 2.52. The Morgan fingerprint density at radius 1 is 1.27 bits per heavy atom. The Labute approximate surface area is 128 Å². The molecule has 3 rings (SSSR count). The van der Waals surface area contributed by atoms with Crippen molar-refractivity contribution in [2.45, 2.75) is 17.4 Å². The molecule has 1 aromatic carbocycles. The van der Waals surface area contributed by atoms with Crippen LogP contribution in [0.25, 0.3) is 0 Å². The van der Waals surface area contributed by atoms with Crippen LogP contribution in [0.1, 0.15) is 6.42 Å². The SMILES string of the molecule is O=S(=O)(c1cccc(F)c1)N1CC[C@H](Nc2cccnc2)C1. The molecule has 1 fully saturated rings. The summed E-state index contributed by atoms with van der Waals surface area (Å²) in [6, 6.07) is 8.83. The van der Waals surface area contributed by atoms with Gasteiger partial charge in [-0.25, -0.2) is 12.8 Å². The van der Waals surface area contributed by atoms with Crippen LogP contribution >= 0.6 is 0 Å². The van der Waals surface area contributed by atoms with E-state index in [1.54, 1.807) is 12.4 Å². The summed E-state index contributed by atoms with van der Waals surface area (Å²) in [6.45, 7) is 0.768. The van der Waals surface area contributed by atoms with Gasteiger partial charge in [0.2, 0.25) is 10.0 Å². The predicted molar refractivity (Wildman–Crippen MR) is 81.4 cm³/mol. The van der Waals surface area contributed by atoms with E-state index in [2.05, 4.69) is 10.3 Å². The number of nitrogens with one attached hydrogen (secondary N) is 1. The first-order chi connectivity index (χ1) is 10.6. The van der Waals surface area contributed by atoms with Crippen molar-refractivity contribution < 1.29 is 12.8 Å². The van der Waals surface area contributed by atoms with Crippen molar-refractivity contribution in [3.05, 3.63) is 54.6 Å². The van der Waals surface area contributed by atoms with Gasteiger partial charge in [-0.3, -0.25) is 4.98 Å². The lowest BCUT2D eigenvalue weighted by atomic mass is 10.2. The fraction of sp³-hybridized carbons (Fsp3) is 0.267. The summed E-state index contributed by atoms with van der Waals surface area (Å²) in [4.78, 5) is 4.01. The van der Waals surface area contributed by atoms with Crippen molar-refractivity contribution >= 4 is 15.7 Å². The van der Waals surface area contributed by atoms with E-state index in [4.69, 9.17) is 0 Å². The lowest BCUT2D eigenvalue weighted by Crippen LogP contribution is -2.31. The number of rotatable bonds is 4. The number of aromatic nitrogens is 1. The first-order valence-corrected chi connectivity index (χ1v) is 8.42. The third-order valence-corrected chi connectivity index (χ3v) is 5.48. The van der Waals surface area contributed by atoms with E-state index >= 15 is 0 Å². The van der Waals surface area contributed by atoms with Gasteiger partial charge >= 0.3 is 0 Å². The van der Waals surface area contributed by atoms with Gasteiger partial charge in [0.1, 0.15) is 5.82 Å². The molecule has 22 heavy (non-hydrogen) atoms. The second-order valence-electron chi connectivity index (χ2n) is 5.19. The van der Waals surface area contributed by atoms with Gasteiger partial charge in [-0.15, -0.1) is 0 Å². The van der Waals surface area contributed by atoms with Gasteiger partial charge in [-0.1, -0.05) is 6.07 Å². The minimum absolute atomic E-state index is 0.00507. The number of sulfonamides is 1. The molecule has 0 spiro atoms.